The Morgan fingerprint density at radius 1 is 1.22 bits per heavy atom. The standard InChI is InChI=1S/C17H12F3N5O2/c1-9-8-25(15(26)12-5-6-24(2)22-12)13-4-3-10(7-11(9)13)14-21-16(27-23-14)17(18,19)20/h3-8H,1-2H3. The molecule has 4 rings (SSSR count). The lowest BCUT2D eigenvalue weighted by molar-refractivity contribution is -0.159. The summed E-state index contributed by atoms with van der Waals surface area (Å²) in [5, 5.41) is 8.18. The van der Waals surface area contributed by atoms with Gasteiger partial charge in [-0.3, -0.25) is 14.0 Å². The summed E-state index contributed by atoms with van der Waals surface area (Å²) in [6.45, 7) is 1.80. The molecular formula is C17H12F3N5O2. The number of halogens is 3. The van der Waals surface area contributed by atoms with Crippen LogP contribution in [0.5, 0.6) is 0 Å². The van der Waals surface area contributed by atoms with E-state index in [0.29, 0.717) is 16.5 Å². The van der Waals surface area contributed by atoms with Crippen molar-refractivity contribution < 1.29 is 22.5 Å². The van der Waals surface area contributed by atoms with E-state index in [1.165, 1.54) is 15.3 Å². The van der Waals surface area contributed by atoms with E-state index in [1.807, 2.05) is 0 Å². The zero-order valence-corrected chi connectivity index (χ0v) is 14.2. The number of hydrogen-bond acceptors (Lipinski definition) is 5. The van der Waals surface area contributed by atoms with E-state index in [2.05, 4.69) is 19.8 Å². The average Bonchev–Trinajstić information content (AvgIpc) is 3.32. The Hall–Kier alpha value is -3.43. The molecule has 1 aromatic carbocycles. The minimum Gasteiger partial charge on any atom is -0.329 e. The molecular weight excluding hydrogens is 363 g/mol. The zero-order valence-electron chi connectivity index (χ0n) is 14.2. The van der Waals surface area contributed by atoms with Crippen molar-refractivity contribution in [3.05, 3.63) is 53.8 Å². The summed E-state index contributed by atoms with van der Waals surface area (Å²) in [6, 6.07) is 6.39. The van der Waals surface area contributed by atoms with Crippen molar-refractivity contribution in [3.8, 4) is 11.4 Å². The Labute approximate surface area is 150 Å². The molecule has 7 nitrogen and oxygen atoms in total. The molecule has 0 fully saturated rings. The second-order valence-electron chi connectivity index (χ2n) is 6.01. The van der Waals surface area contributed by atoms with Crippen molar-refractivity contribution in [2.75, 3.05) is 0 Å². The summed E-state index contributed by atoms with van der Waals surface area (Å²) in [5.74, 6) is -1.88. The van der Waals surface area contributed by atoms with Gasteiger partial charge in [0.2, 0.25) is 5.82 Å². The molecule has 3 aromatic heterocycles. The Kier molecular flexibility index (Phi) is 3.65. The molecule has 0 bridgehead atoms. The monoisotopic (exact) mass is 375 g/mol. The van der Waals surface area contributed by atoms with E-state index in [4.69, 9.17) is 0 Å². The van der Waals surface area contributed by atoms with Gasteiger partial charge in [0.25, 0.3) is 5.91 Å². The molecule has 0 N–H and O–H groups in total. The van der Waals surface area contributed by atoms with Crippen LogP contribution in [-0.4, -0.2) is 30.4 Å². The average molecular weight is 375 g/mol. The minimum atomic E-state index is -4.70. The van der Waals surface area contributed by atoms with Crippen molar-refractivity contribution in [1.29, 1.82) is 0 Å². The van der Waals surface area contributed by atoms with Crippen molar-refractivity contribution >= 4 is 16.8 Å². The second-order valence-corrected chi connectivity index (χ2v) is 6.01. The van der Waals surface area contributed by atoms with E-state index in [0.717, 1.165) is 5.56 Å². The molecule has 0 atom stereocenters. The number of aromatic nitrogens is 5. The number of carbonyl (C=O) groups is 1. The topological polar surface area (TPSA) is 78.7 Å². The fraction of sp³-hybridized carbons (Fsp3) is 0.176. The minimum absolute atomic E-state index is 0.174. The molecule has 0 saturated heterocycles. The number of alkyl halides is 3. The molecule has 10 heteroatoms. The van der Waals surface area contributed by atoms with Gasteiger partial charge in [0.15, 0.2) is 5.69 Å². The first-order valence-corrected chi connectivity index (χ1v) is 7.81. The van der Waals surface area contributed by atoms with Crippen molar-refractivity contribution in [3.63, 3.8) is 0 Å². The highest BCUT2D eigenvalue weighted by Crippen LogP contribution is 2.31. The number of aryl methyl sites for hydroxylation is 2. The molecule has 0 aliphatic carbocycles. The molecule has 0 amide bonds. The Balaban J connectivity index is 1.77. The maximum Gasteiger partial charge on any atom is 0.471 e. The van der Waals surface area contributed by atoms with Crippen LogP contribution in [-0.2, 0) is 13.2 Å². The maximum atomic E-state index is 12.7. The van der Waals surface area contributed by atoms with Gasteiger partial charge in [-0.25, -0.2) is 0 Å². The Morgan fingerprint density at radius 2 is 2.00 bits per heavy atom. The first kappa shape index (κ1) is 17.0. The Morgan fingerprint density at radius 3 is 2.63 bits per heavy atom. The van der Waals surface area contributed by atoms with Crippen molar-refractivity contribution in [2.24, 2.45) is 7.05 Å². The largest absolute Gasteiger partial charge is 0.471 e. The third kappa shape index (κ3) is 2.88. The summed E-state index contributed by atoms with van der Waals surface area (Å²) >= 11 is 0. The van der Waals surface area contributed by atoms with Crippen LogP contribution in [0.2, 0.25) is 0 Å². The lowest BCUT2D eigenvalue weighted by atomic mass is 10.1. The van der Waals surface area contributed by atoms with E-state index in [-0.39, 0.29) is 17.4 Å². The first-order valence-electron chi connectivity index (χ1n) is 7.81. The number of hydrogen-bond donors (Lipinski definition) is 0. The van der Waals surface area contributed by atoms with Gasteiger partial charge in [-0.05, 0) is 36.8 Å². The molecule has 0 spiro atoms. The summed E-state index contributed by atoms with van der Waals surface area (Å²) in [6.07, 6.45) is -1.38. The first-order chi connectivity index (χ1) is 12.7. The van der Waals surface area contributed by atoms with Gasteiger partial charge in [0.05, 0.1) is 5.52 Å². The van der Waals surface area contributed by atoms with Crippen LogP contribution in [0.25, 0.3) is 22.3 Å². The molecule has 0 radical (unpaired) electrons. The summed E-state index contributed by atoms with van der Waals surface area (Å²) in [4.78, 5) is 16.1. The predicted octanol–water partition coefficient (Wildman–Crippen LogP) is 3.44. The molecule has 27 heavy (non-hydrogen) atoms. The number of nitrogens with zero attached hydrogens (tertiary/aromatic N) is 5. The SMILES string of the molecule is Cc1cn(C(=O)c2ccn(C)n2)c2ccc(-c3noc(C(F)(F)F)n3)cc12. The molecule has 3 heterocycles. The van der Waals surface area contributed by atoms with Gasteiger partial charge in [-0.15, -0.1) is 0 Å². The van der Waals surface area contributed by atoms with E-state index in [9.17, 15) is 18.0 Å². The predicted molar refractivity (Wildman–Crippen MR) is 87.9 cm³/mol. The van der Waals surface area contributed by atoms with E-state index in [1.54, 1.807) is 44.6 Å². The highest BCUT2D eigenvalue weighted by atomic mass is 19.4. The lowest BCUT2D eigenvalue weighted by Gasteiger charge is -2.02. The third-order valence-electron chi connectivity index (χ3n) is 4.08. The fourth-order valence-electron chi connectivity index (χ4n) is 2.81. The second kappa shape index (κ2) is 5.79. The number of rotatable bonds is 2. The summed E-state index contributed by atoms with van der Waals surface area (Å²) in [7, 11) is 1.71. The number of carbonyl (C=O) groups excluding carboxylic acids is 1. The lowest BCUT2D eigenvalue weighted by Crippen LogP contribution is -2.11. The Bertz CT molecular complexity index is 1170. The molecule has 0 aliphatic rings. The highest BCUT2D eigenvalue weighted by Gasteiger charge is 2.38. The van der Waals surface area contributed by atoms with Crippen LogP contribution in [0.4, 0.5) is 13.2 Å². The smallest absolute Gasteiger partial charge is 0.329 e. The van der Waals surface area contributed by atoms with Gasteiger partial charge in [-0.1, -0.05) is 5.16 Å². The van der Waals surface area contributed by atoms with Crippen molar-refractivity contribution in [2.45, 2.75) is 13.1 Å². The highest BCUT2D eigenvalue weighted by molar-refractivity contribution is 6.02. The quantitative estimate of drug-likeness (QED) is 0.536. The van der Waals surface area contributed by atoms with E-state index >= 15 is 0 Å². The van der Waals surface area contributed by atoms with Crippen LogP contribution < -0.4 is 0 Å². The summed E-state index contributed by atoms with van der Waals surface area (Å²) in [5.41, 5.74) is 2.02. The van der Waals surface area contributed by atoms with Crippen LogP contribution in [0.3, 0.4) is 0 Å². The van der Waals surface area contributed by atoms with E-state index < -0.39 is 12.1 Å². The van der Waals surface area contributed by atoms with Crippen LogP contribution >= 0.6 is 0 Å². The number of benzene rings is 1. The molecule has 4 aromatic rings. The van der Waals surface area contributed by atoms with Gasteiger partial charge in [-0.2, -0.15) is 23.3 Å². The molecule has 0 aliphatic heterocycles. The molecule has 138 valence electrons. The van der Waals surface area contributed by atoms with Gasteiger partial charge in [0.1, 0.15) is 0 Å². The third-order valence-corrected chi connectivity index (χ3v) is 4.08. The molecule has 0 unspecified atom stereocenters. The number of fused-ring (bicyclic) bond motifs is 1. The summed E-state index contributed by atoms with van der Waals surface area (Å²) < 4.78 is 45.2. The van der Waals surface area contributed by atoms with Gasteiger partial charge >= 0.3 is 12.1 Å². The van der Waals surface area contributed by atoms with Crippen LogP contribution in [0, 0.1) is 6.92 Å². The van der Waals surface area contributed by atoms with Gasteiger partial charge < -0.3 is 4.52 Å². The van der Waals surface area contributed by atoms with Crippen LogP contribution in [0.1, 0.15) is 21.9 Å². The molecule has 0 saturated carbocycles. The zero-order chi connectivity index (χ0) is 19.3. The normalized spacial score (nSPS) is 12.0. The fourth-order valence-corrected chi connectivity index (χ4v) is 2.81. The van der Waals surface area contributed by atoms with Crippen LogP contribution in [0.15, 0.2) is 41.2 Å². The van der Waals surface area contributed by atoms with Gasteiger partial charge in [0, 0.05) is 30.4 Å². The maximum absolute atomic E-state index is 12.7. The van der Waals surface area contributed by atoms with Crippen molar-refractivity contribution in [1.82, 2.24) is 24.5 Å².